The van der Waals surface area contributed by atoms with E-state index < -0.39 is 34.3 Å². The lowest BCUT2D eigenvalue weighted by Crippen LogP contribution is -2.54. The van der Waals surface area contributed by atoms with Gasteiger partial charge in [0.2, 0.25) is 10.0 Å². The molecule has 0 atom stereocenters. The van der Waals surface area contributed by atoms with Crippen LogP contribution < -0.4 is 0 Å². The van der Waals surface area contributed by atoms with Crippen LogP contribution in [0.3, 0.4) is 0 Å². The number of aliphatic carboxylic acids is 1. The van der Waals surface area contributed by atoms with Crippen molar-refractivity contribution >= 4 is 16.0 Å². The summed E-state index contributed by atoms with van der Waals surface area (Å²) in [4.78, 5) is 10.1. The molecule has 0 amide bonds. The van der Waals surface area contributed by atoms with E-state index in [1.807, 2.05) is 0 Å². The summed E-state index contributed by atoms with van der Waals surface area (Å²) in [6.07, 6.45) is -0.992. The summed E-state index contributed by atoms with van der Waals surface area (Å²) in [6.45, 7) is 0.171. The molecule has 0 aromatic rings. The van der Waals surface area contributed by atoms with Crippen molar-refractivity contribution in [3.05, 3.63) is 0 Å². The van der Waals surface area contributed by atoms with Gasteiger partial charge in [0.05, 0.1) is 18.3 Å². The van der Waals surface area contributed by atoms with E-state index in [4.69, 9.17) is 10.2 Å². The van der Waals surface area contributed by atoms with Crippen LogP contribution >= 0.6 is 0 Å². The normalized spacial score (nSPS) is 19.8. The van der Waals surface area contributed by atoms with E-state index in [1.54, 1.807) is 0 Å². The van der Waals surface area contributed by atoms with Gasteiger partial charge in [0.1, 0.15) is 0 Å². The highest BCUT2D eigenvalue weighted by Crippen LogP contribution is 2.14. The second-order valence-electron chi connectivity index (χ2n) is 2.93. The first-order valence-corrected chi connectivity index (χ1v) is 5.40. The summed E-state index contributed by atoms with van der Waals surface area (Å²) in [6, 6.07) is 0. The van der Waals surface area contributed by atoms with Gasteiger partial charge in [0.15, 0.2) is 0 Å². The first-order valence-electron chi connectivity index (χ1n) is 3.79. The first kappa shape index (κ1) is 10.4. The minimum atomic E-state index is -3.46. The van der Waals surface area contributed by atoms with Crippen molar-refractivity contribution in [2.75, 3.05) is 18.8 Å². The molecule has 1 fully saturated rings. The molecule has 0 bridgehead atoms. The van der Waals surface area contributed by atoms with Crippen molar-refractivity contribution in [1.82, 2.24) is 4.31 Å². The Hall–Kier alpha value is -0.660. The van der Waals surface area contributed by atoms with Crippen LogP contribution in [-0.4, -0.2) is 53.9 Å². The van der Waals surface area contributed by atoms with E-state index in [9.17, 15) is 13.2 Å². The lowest BCUT2D eigenvalue weighted by atomic mass is 10.2. The number of β-amino-alcohol motifs (C(OH)–C–C–N with tert-alkyl or cyclic N) is 1. The van der Waals surface area contributed by atoms with Gasteiger partial charge in [-0.3, -0.25) is 4.79 Å². The molecule has 1 aliphatic heterocycles. The fraction of sp³-hybridized carbons (Fsp3) is 0.833. The SMILES string of the molecule is O=C(O)CCS(=O)(=O)N1CC(O)C1. The molecule has 0 saturated carbocycles. The average molecular weight is 209 g/mol. The third-order valence-electron chi connectivity index (χ3n) is 1.80. The van der Waals surface area contributed by atoms with Crippen molar-refractivity contribution in [3.8, 4) is 0 Å². The van der Waals surface area contributed by atoms with E-state index >= 15 is 0 Å². The molecule has 0 aliphatic carbocycles. The number of sulfonamides is 1. The molecule has 76 valence electrons. The van der Waals surface area contributed by atoms with Gasteiger partial charge < -0.3 is 10.2 Å². The minimum absolute atomic E-state index is 0.0853. The highest BCUT2D eigenvalue weighted by atomic mass is 32.2. The molecule has 6 nitrogen and oxygen atoms in total. The number of aliphatic hydroxyl groups is 1. The Balaban J connectivity index is 2.43. The molecule has 1 saturated heterocycles. The summed E-state index contributed by atoms with van der Waals surface area (Å²) >= 11 is 0. The molecule has 13 heavy (non-hydrogen) atoms. The van der Waals surface area contributed by atoms with Crippen LogP contribution in [0.15, 0.2) is 0 Å². The molecule has 1 heterocycles. The van der Waals surface area contributed by atoms with E-state index in [0.717, 1.165) is 4.31 Å². The molecule has 2 N–H and O–H groups in total. The second-order valence-corrected chi connectivity index (χ2v) is 5.02. The molecular formula is C6H11NO5S. The predicted molar refractivity (Wildman–Crippen MR) is 43.6 cm³/mol. The summed E-state index contributed by atoms with van der Waals surface area (Å²) in [5.74, 6) is -1.53. The zero-order valence-electron chi connectivity index (χ0n) is 6.88. The summed E-state index contributed by atoms with van der Waals surface area (Å²) in [7, 11) is -3.46. The molecule has 7 heteroatoms. The molecule has 0 unspecified atom stereocenters. The Morgan fingerprint density at radius 2 is 2.00 bits per heavy atom. The molecule has 1 rings (SSSR count). The monoisotopic (exact) mass is 209 g/mol. The molecule has 0 aromatic heterocycles. The Morgan fingerprint density at radius 1 is 1.46 bits per heavy atom. The maximum absolute atomic E-state index is 11.2. The Morgan fingerprint density at radius 3 is 2.38 bits per heavy atom. The van der Waals surface area contributed by atoms with E-state index in [1.165, 1.54) is 0 Å². The number of aliphatic hydroxyl groups excluding tert-OH is 1. The third-order valence-corrected chi connectivity index (χ3v) is 3.60. The number of nitrogens with zero attached hydrogens (tertiary/aromatic N) is 1. The van der Waals surface area contributed by atoms with Crippen molar-refractivity contribution in [2.24, 2.45) is 0 Å². The number of hydrogen-bond acceptors (Lipinski definition) is 4. The number of carboxylic acid groups (broad SMARTS) is 1. The highest BCUT2D eigenvalue weighted by Gasteiger charge is 2.34. The number of carboxylic acids is 1. The van der Waals surface area contributed by atoms with Crippen molar-refractivity contribution in [3.63, 3.8) is 0 Å². The van der Waals surface area contributed by atoms with Crippen LogP contribution in [0.1, 0.15) is 6.42 Å². The highest BCUT2D eigenvalue weighted by molar-refractivity contribution is 7.89. The zero-order valence-corrected chi connectivity index (χ0v) is 7.70. The van der Waals surface area contributed by atoms with Gasteiger partial charge >= 0.3 is 5.97 Å². The summed E-state index contributed by atoms with van der Waals surface area (Å²) in [5.41, 5.74) is 0. The Labute approximate surface area is 75.8 Å². The van der Waals surface area contributed by atoms with Gasteiger partial charge in [-0.2, -0.15) is 4.31 Å². The van der Waals surface area contributed by atoms with Gasteiger partial charge in [-0.15, -0.1) is 0 Å². The van der Waals surface area contributed by atoms with Gasteiger partial charge in [0.25, 0.3) is 0 Å². The topological polar surface area (TPSA) is 94.9 Å². The van der Waals surface area contributed by atoms with Crippen LogP contribution in [0.5, 0.6) is 0 Å². The number of rotatable bonds is 4. The number of hydrogen-bond donors (Lipinski definition) is 2. The molecule has 0 aromatic carbocycles. The largest absolute Gasteiger partial charge is 0.481 e. The van der Waals surface area contributed by atoms with Gasteiger partial charge in [0, 0.05) is 13.1 Å². The second kappa shape index (κ2) is 3.60. The standard InChI is InChI=1S/C6H11NO5S/c8-5-3-7(4-5)13(11,12)2-1-6(9)10/h5,8H,1-4H2,(H,9,10). The van der Waals surface area contributed by atoms with E-state index in [-0.39, 0.29) is 13.1 Å². The molecule has 1 aliphatic rings. The quantitative estimate of drug-likeness (QED) is 0.585. The molecule has 0 radical (unpaired) electrons. The van der Waals surface area contributed by atoms with Crippen LogP contribution in [0.25, 0.3) is 0 Å². The summed E-state index contributed by atoms with van der Waals surface area (Å²) < 4.78 is 23.5. The molecule has 0 spiro atoms. The van der Waals surface area contributed by atoms with Crippen LogP contribution in [-0.2, 0) is 14.8 Å². The van der Waals surface area contributed by atoms with Gasteiger partial charge in [-0.1, -0.05) is 0 Å². The Bertz CT molecular complexity index is 292. The van der Waals surface area contributed by atoms with E-state index in [0.29, 0.717) is 0 Å². The zero-order chi connectivity index (χ0) is 10.1. The molecular weight excluding hydrogens is 198 g/mol. The van der Waals surface area contributed by atoms with Crippen LogP contribution in [0.2, 0.25) is 0 Å². The van der Waals surface area contributed by atoms with E-state index in [2.05, 4.69) is 0 Å². The minimum Gasteiger partial charge on any atom is -0.481 e. The van der Waals surface area contributed by atoms with Gasteiger partial charge in [-0.05, 0) is 0 Å². The maximum Gasteiger partial charge on any atom is 0.304 e. The Kier molecular flexibility index (Phi) is 2.89. The predicted octanol–water partition coefficient (Wildman–Crippen LogP) is -1.53. The number of carbonyl (C=O) groups is 1. The van der Waals surface area contributed by atoms with Gasteiger partial charge in [-0.25, -0.2) is 8.42 Å². The van der Waals surface area contributed by atoms with Crippen molar-refractivity contribution < 1.29 is 23.4 Å². The van der Waals surface area contributed by atoms with Crippen LogP contribution in [0, 0.1) is 0 Å². The van der Waals surface area contributed by atoms with Crippen LogP contribution in [0.4, 0.5) is 0 Å². The summed E-state index contributed by atoms with van der Waals surface area (Å²) in [5, 5.41) is 17.1. The first-order chi connectivity index (χ1) is 5.92. The lowest BCUT2D eigenvalue weighted by molar-refractivity contribution is -0.136. The third kappa shape index (κ3) is 2.64. The van der Waals surface area contributed by atoms with Crippen molar-refractivity contribution in [1.29, 1.82) is 0 Å². The lowest BCUT2D eigenvalue weighted by Gasteiger charge is -2.34. The smallest absolute Gasteiger partial charge is 0.304 e. The maximum atomic E-state index is 11.2. The van der Waals surface area contributed by atoms with Crippen molar-refractivity contribution in [2.45, 2.75) is 12.5 Å². The fourth-order valence-corrected chi connectivity index (χ4v) is 2.48. The average Bonchev–Trinajstić information content (AvgIpc) is 1.95. The fourth-order valence-electron chi connectivity index (χ4n) is 0.989.